The second-order valence-electron chi connectivity index (χ2n) is 13.2. The van der Waals surface area contributed by atoms with E-state index in [9.17, 15) is 10.2 Å². The van der Waals surface area contributed by atoms with E-state index in [1.807, 2.05) is 0 Å². The molecule has 4 saturated carbocycles. The van der Waals surface area contributed by atoms with E-state index in [4.69, 9.17) is 0 Å². The summed E-state index contributed by atoms with van der Waals surface area (Å²) in [5.41, 5.74) is 0.662. The fraction of sp³-hybridized carbons (Fsp3) is 0.964. The number of nitrogens with one attached hydrogen (secondary N) is 1. The minimum Gasteiger partial charge on any atom is -0.393 e. The summed E-state index contributed by atoms with van der Waals surface area (Å²) < 4.78 is 0. The number of aromatic amines is 1. The average molecular weight is 473 g/mol. The van der Waals surface area contributed by atoms with E-state index in [1.165, 1.54) is 38.5 Å². The van der Waals surface area contributed by atoms with Crippen LogP contribution in [0.5, 0.6) is 0 Å². The Balaban J connectivity index is 1.29. The molecule has 11 atom stereocenters. The highest BCUT2D eigenvalue weighted by Gasteiger charge is 2.64. The summed E-state index contributed by atoms with van der Waals surface area (Å²) in [6, 6.07) is 0. The molecule has 0 aromatic carbocycles. The van der Waals surface area contributed by atoms with Crippen LogP contribution in [0.3, 0.4) is 0 Å². The van der Waals surface area contributed by atoms with E-state index >= 15 is 0 Å². The maximum Gasteiger partial charge on any atom is 0.174 e. The van der Waals surface area contributed by atoms with Gasteiger partial charge in [-0.1, -0.05) is 52.2 Å². The number of unbranched alkanes of at least 4 members (excludes halogenated alkanes) is 1. The highest BCUT2D eigenvalue weighted by Crippen LogP contribution is 2.69. The second-order valence-corrected chi connectivity index (χ2v) is 13.2. The monoisotopic (exact) mass is 472 g/mol. The molecule has 4 aliphatic carbocycles. The normalized spacial score (nSPS) is 47.0. The Morgan fingerprint density at radius 3 is 2.50 bits per heavy atom. The molecule has 0 bridgehead atoms. The quantitative estimate of drug-likeness (QED) is 0.476. The first kappa shape index (κ1) is 24.7. The highest BCUT2D eigenvalue weighted by atomic mass is 16.3. The zero-order valence-corrected chi connectivity index (χ0v) is 21.9. The van der Waals surface area contributed by atoms with E-state index in [2.05, 4.69) is 48.3 Å². The molecule has 0 radical (unpaired) electrons. The van der Waals surface area contributed by atoms with Gasteiger partial charge in [0.2, 0.25) is 0 Å². The van der Waals surface area contributed by atoms with Crippen LogP contribution in [0.4, 0.5) is 0 Å². The molecule has 6 heteroatoms. The van der Waals surface area contributed by atoms with Gasteiger partial charge in [0.05, 0.1) is 12.2 Å². The SMILES string of the molecule is CC[C@@H]1C2C[C@H](O)CC[C@]2(C)[C@H]2CC[C@]3(C)[C@@H]([C@H](C)CCCCc4nn[nH]n4)CC[C@H]3[C@@H]2[C@@H]1O. The predicted molar refractivity (Wildman–Crippen MR) is 133 cm³/mol. The molecule has 0 saturated heterocycles. The van der Waals surface area contributed by atoms with Crippen molar-refractivity contribution in [2.45, 2.75) is 117 Å². The lowest BCUT2D eigenvalue weighted by atomic mass is 9.41. The van der Waals surface area contributed by atoms with Gasteiger partial charge in [-0.3, -0.25) is 0 Å². The van der Waals surface area contributed by atoms with Gasteiger partial charge in [-0.2, -0.15) is 5.21 Å². The summed E-state index contributed by atoms with van der Waals surface area (Å²) in [5, 5.41) is 36.7. The Hall–Kier alpha value is -1.01. The summed E-state index contributed by atoms with van der Waals surface area (Å²) in [6.45, 7) is 9.89. The van der Waals surface area contributed by atoms with Crippen molar-refractivity contribution < 1.29 is 10.2 Å². The molecule has 5 rings (SSSR count). The smallest absolute Gasteiger partial charge is 0.174 e. The molecule has 0 amide bonds. The Kier molecular flexibility index (Phi) is 6.86. The maximum atomic E-state index is 11.9. The maximum absolute atomic E-state index is 11.9. The third kappa shape index (κ3) is 3.95. The summed E-state index contributed by atoms with van der Waals surface area (Å²) in [4.78, 5) is 0. The molecular weight excluding hydrogens is 424 g/mol. The number of hydrogen-bond donors (Lipinski definition) is 3. The van der Waals surface area contributed by atoms with Crippen molar-refractivity contribution in [3.8, 4) is 0 Å². The Labute approximate surface area is 206 Å². The van der Waals surface area contributed by atoms with E-state index in [1.54, 1.807) is 0 Å². The average Bonchev–Trinajstić information content (AvgIpc) is 3.45. The van der Waals surface area contributed by atoms with E-state index in [0.717, 1.165) is 56.2 Å². The number of rotatable bonds is 7. The number of fused-ring (bicyclic) bond motifs is 5. The molecule has 6 nitrogen and oxygen atoms in total. The first-order valence-electron chi connectivity index (χ1n) is 14.4. The van der Waals surface area contributed by atoms with Crippen molar-refractivity contribution in [2.75, 3.05) is 0 Å². The highest BCUT2D eigenvalue weighted by molar-refractivity contribution is 5.13. The lowest BCUT2D eigenvalue weighted by Crippen LogP contribution is -2.62. The summed E-state index contributed by atoms with van der Waals surface area (Å²) in [5.74, 6) is 4.91. The van der Waals surface area contributed by atoms with Crippen LogP contribution < -0.4 is 0 Å². The van der Waals surface area contributed by atoms with Gasteiger partial charge < -0.3 is 10.2 Å². The molecule has 4 aliphatic rings. The van der Waals surface area contributed by atoms with Gasteiger partial charge in [-0.05, 0) is 104 Å². The van der Waals surface area contributed by atoms with E-state index in [-0.39, 0.29) is 12.2 Å². The molecule has 1 aromatic rings. The second kappa shape index (κ2) is 9.46. The minimum absolute atomic E-state index is 0.165. The number of hydrogen-bond acceptors (Lipinski definition) is 5. The summed E-state index contributed by atoms with van der Waals surface area (Å²) >= 11 is 0. The van der Waals surface area contributed by atoms with E-state index in [0.29, 0.717) is 40.4 Å². The Morgan fingerprint density at radius 2 is 1.76 bits per heavy atom. The Bertz CT molecular complexity index is 817. The van der Waals surface area contributed by atoms with Crippen LogP contribution in [0.2, 0.25) is 0 Å². The van der Waals surface area contributed by atoms with Crippen LogP contribution in [0.1, 0.15) is 104 Å². The minimum atomic E-state index is -0.188. The molecule has 1 unspecified atom stereocenters. The molecule has 192 valence electrons. The first-order chi connectivity index (χ1) is 16.3. The van der Waals surface area contributed by atoms with Gasteiger partial charge in [-0.15, -0.1) is 10.2 Å². The largest absolute Gasteiger partial charge is 0.393 e. The number of nitrogens with zero attached hydrogens (tertiary/aromatic N) is 3. The van der Waals surface area contributed by atoms with Crippen LogP contribution in [-0.4, -0.2) is 43.0 Å². The molecular formula is C28H48N4O2. The zero-order valence-electron chi connectivity index (χ0n) is 21.9. The third-order valence-electron chi connectivity index (χ3n) is 11.8. The first-order valence-corrected chi connectivity index (χ1v) is 14.4. The lowest BCUT2D eigenvalue weighted by molar-refractivity contribution is -0.203. The van der Waals surface area contributed by atoms with Crippen molar-refractivity contribution in [1.29, 1.82) is 0 Å². The molecule has 0 aliphatic heterocycles. The van der Waals surface area contributed by atoms with Gasteiger partial charge in [-0.25, -0.2) is 0 Å². The number of aryl methyl sites for hydroxylation is 1. The predicted octanol–water partition coefficient (Wildman–Crippen LogP) is 5.18. The van der Waals surface area contributed by atoms with Gasteiger partial charge in [0.25, 0.3) is 0 Å². The van der Waals surface area contributed by atoms with Crippen LogP contribution in [0, 0.1) is 52.3 Å². The van der Waals surface area contributed by atoms with Gasteiger partial charge in [0, 0.05) is 6.42 Å². The van der Waals surface area contributed by atoms with Gasteiger partial charge >= 0.3 is 0 Å². The van der Waals surface area contributed by atoms with Crippen LogP contribution in [0.15, 0.2) is 0 Å². The van der Waals surface area contributed by atoms with Gasteiger partial charge in [0.15, 0.2) is 5.82 Å². The standard InChI is InChI=1S/C28H48N4O2/c1-5-19-23-16-18(33)12-14-28(23,4)22-13-15-27(3)20(10-11-21(27)25(22)26(19)34)17(2)8-6-7-9-24-29-31-32-30-24/h17-23,25-26,33-34H,5-16H2,1-4H3,(H,29,30,31,32)/t17-,18-,19-,20-,21+,22+,23?,25+,26-,27-,28-/m1/s1. The van der Waals surface area contributed by atoms with Crippen molar-refractivity contribution in [3.63, 3.8) is 0 Å². The zero-order chi connectivity index (χ0) is 24.1. The lowest BCUT2D eigenvalue weighted by Gasteiger charge is -2.64. The number of tetrazole rings is 1. The Morgan fingerprint density at radius 1 is 1.00 bits per heavy atom. The summed E-state index contributed by atoms with van der Waals surface area (Å²) in [7, 11) is 0. The van der Waals surface area contributed by atoms with Crippen molar-refractivity contribution in [2.24, 2.45) is 52.3 Å². The van der Waals surface area contributed by atoms with Crippen LogP contribution >= 0.6 is 0 Å². The molecule has 0 spiro atoms. The fourth-order valence-electron chi connectivity index (χ4n) is 10.2. The number of aliphatic hydroxyl groups is 2. The summed E-state index contributed by atoms with van der Waals surface area (Å²) in [6.07, 6.45) is 13.5. The molecule has 34 heavy (non-hydrogen) atoms. The number of H-pyrrole nitrogens is 1. The molecule has 1 heterocycles. The fourth-order valence-corrected chi connectivity index (χ4v) is 10.2. The van der Waals surface area contributed by atoms with Gasteiger partial charge in [0.1, 0.15) is 0 Å². The van der Waals surface area contributed by atoms with Crippen molar-refractivity contribution >= 4 is 0 Å². The van der Waals surface area contributed by atoms with Crippen LogP contribution in [-0.2, 0) is 6.42 Å². The molecule has 1 aromatic heterocycles. The molecule has 4 fully saturated rings. The topological polar surface area (TPSA) is 94.9 Å². The van der Waals surface area contributed by atoms with E-state index < -0.39 is 0 Å². The van der Waals surface area contributed by atoms with Crippen molar-refractivity contribution in [3.05, 3.63) is 5.82 Å². The molecule has 3 N–H and O–H groups in total. The third-order valence-corrected chi connectivity index (χ3v) is 11.8. The number of aromatic nitrogens is 4. The van der Waals surface area contributed by atoms with Crippen LogP contribution in [0.25, 0.3) is 0 Å². The number of aliphatic hydroxyl groups excluding tert-OH is 2. The van der Waals surface area contributed by atoms with Crippen molar-refractivity contribution in [1.82, 2.24) is 20.6 Å².